The van der Waals surface area contributed by atoms with Gasteiger partial charge in [-0.05, 0) is 55.3 Å². The molecule has 0 aliphatic carbocycles. The summed E-state index contributed by atoms with van der Waals surface area (Å²) in [5.74, 6) is 0.812. The van der Waals surface area contributed by atoms with Crippen LogP contribution in [0.3, 0.4) is 0 Å². The molecule has 0 saturated carbocycles. The van der Waals surface area contributed by atoms with Gasteiger partial charge < -0.3 is 15.2 Å². The smallest absolute Gasteiger partial charge is 0.274 e. The summed E-state index contributed by atoms with van der Waals surface area (Å²) < 4.78 is 13.1. The van der Waals surface area contributed by atoms with Crippen LogP contribution >= 0.6 is 11.3 Å². The average molecular weight is 471 g/mol. The lowest BCUT2D eigenvalue weighted by atomic mass is 9.84. The Morgan fingerprint density at radius 2 is 1.53 bits per heavy atom. The van der Waals surface area contributed by atoms with Crippen LogP contribution in [-0.4, -0.2) is 17.8 Å². The van der Waals surface area contributed by atoms with Crippen LogP contribution in [0.25, 0.3) is 17.5 Å². The maximum Gasteiger partial charge on any atom is 0.274 e. The van der Waals surface area contributed by atoms with Crippen LogP contribution in [0.5, 0.6) is 11.5 Å². The van der Waals surface area contributed by atoms with Crippen LogP contribution in [0.1, 0.15) is 30.9 Å². The van der Waals surface area contributed by atoms with Gasteiger partial charge in [0.15, 0.2) is 0 Å². The highest BCUT2D eigenvalue weighted by Gasteiger charge is 2.32. The summed E-state index contributed by atoms with van der Waals surface area (Å²) in [7, 11) is 0. The molecule has 0 bridgehead atoms. The molecule has 1 aromatic heterocycles. The Balaban J connectivity index is 1.90. The van der Waals surface area contributed by atoms with E-state index in [-0.39, 0.29) is 17.0 Å². The molecule has 8 heteroatoms. The van der Waals surface area contributed by atoms with Crippen LogP contribution in [0, 0.1) is 22.7 Å². The van der Waals surface area contributed by atoms with Crippen LogP contribution in [0.2, 0.25) is 0 Å². The third-order valence-electron chi connectivity index (χ3n) is 5.40. The summed E-state index contributed by atoms with van der Waals surface area (Å²) in [6.45, 7) is 4.90. The molecule has 0 fully saturated rings. The molecule has 0 radical (unpaired) electrons. The van der Waals surface area contributed by atoms with Gasteiger partial charge in [-0.1, -0.05) is 24.3 Å². The minimum atomic E-state index is -0.665. The topological polar surface area (TPSA) is 114 Å². The molecule has 2 heterocycles. The van der Waals surface area contributed by atoms with E-state index in [1.54, 1.807) is 18.2 Å². The SMILES string of the molecule is CCOc1ccc(/C=c2/sc3n(c2=O)C(N)=C(C#N)[C@@H](c2ccc(OCC)cc2)C=3C#N)cc1. The second-order valence-electron chi connectivity index (χ2n) is 7.43. The van der Waals surface area contributed by atoms with E-state index in [4.69, 9.17) is 15.2 Å². The molecule has 0 unspecified atom stereocenters. The maximum atomic E-state index is 13.2. The van der Waals surface area contributed by atoms with Crippen LogP contribution in [-0.2, 0) is 0 Å². The molecular formula is C26H22N4O3S. The number of benzene rings is 2. The van der Waals surface area contributed by atoms with Crippen molar-refractivity contribution >= 4 is 28.8 Å². The molecule has 34 heavy (non-hydrogen) atoms. The summed E-state index contributed by atoms with van der Waals surface area (Å²) in [6.07, 6.45) is 1.74. The highest BCUT2D eigenvalue weighted by Crippen LogP contribution is 2.36. The Kier molecular flexibility index (Phi) is 6.53. The minimum absolute atomic E-state index is 0.0444. The van der Waals surface area contributed by atoms with Crippen molar-refractivity contribution in [3.8, 4) is 23.6 Å². The number of allylic oxidation sites excluding steroid dienone is 1. The summed E-state index contributed by atoms with van der Waals surface area (Å²) in [4.78, 5) is 13.2. The molecule has 170 valence electrons. The van der Waals surface area contributed by atoms with Gasteiger partial charge in [-0.15, -0.1) is 11.3 Å². The van der Waals surface area contributed by atoms with Gasteiger partial charge in [0.1, 0.15) is 22.0 Å². The zero-order valence-electron chi connectivity index (χ0n) is 18.7. The second kappa shape index (κ2) is 9.70. The highest BCUT2D eigenvalue weighted by atomic mass is 32.1. The van der Waals surface area contributed by atoms with E-state index in [0.717, 1.165) is 16.9 Å². The van der Waals surface area contributed by atoms with Crippen molar-refractivity contribution < 1.29 is 9.47 Å². The Hall–Kier alpha value is -4.27. The average Bonchev–Trinajstić information content (AvgIpc) is 3.17. The molecule has 0 amide bonds. The zero-order valence-corrected chi connectivity index (χ0v) is 19.6. The number of fused-ring (bicyclic) bond motifs is 1. The van der Waals surface area contributed by atoms with E-state index >= 15 is 0 Å². The molecule has 0 saturated heterocycles. The fraction of sp³-hybridized carbons (Fsp3) is 0.192. The largest absolute Gasteiger partial charge is 0.494 e. The van der Waals surface area contributed by atoms with Crippen molar-refractivity contribution in [3.63, 3.8) is 0 Å². The summed E-state index contributed by atoms with van der Waals surface area (Å²) in [6, 6.07) is 18.9. The van der Waals surface area contributed by atoms with Crippen molar-refractivity contribution in [2.75, 3.05) is 13.2 Å². The van der Waals surface area contributed by atoms with Gasteiger partial charge in [0.2, 0.25) is 0 Å². The Bertz CT molecular complexity index is 1520. The summed E-state index contributed by atoms with van der Waals surface area (Å²) in [5.41, 5.74) is 7.98. The molecule has 1 atom stereocenters. The molecule has 2 aromatic carbocycles. The number of rotatable bonds is 6. The van der Waals surface area contributed by atoms with E-state index in [2.05, 4.69) is 12.1 Å². The monoisotopic (exact) mass is 470 g/mol. The molecule has 0 spiro atoms. The Morgan fingerprint density at radius 3 is 2.06 bits per heavy atom. The number of ether oxygens (including phenoxy) is 2. The molecule has 2 N–H and O–H groups in total. The lowest BCUT2D eigenvalue weighted by Crippen LogP contribution is -2.38. The number of hydrogen-bond donors (Lipinski definition) is 1. The van der Waals surface area contributed by atoms with E-state index in [9.17, 15) is 15.3 Å². The first-order valence-electron chi connectivity index (χ1n) is 10.8. The fourth-order valence-electron chi connectivity index (χ4n) is 3.89. The van der Waals surface area contributed by atoms with Crippen molar-refractivity contribution in [1.29, 1.82) is 10.5 Å². The first kappa shape index (κ1) is 22.9. The van der Waals surface area contributed by atoms with Gasteiger partial charge in [-0.2, -0.15) is 10.5 Å². The van der Waals surface area contributed by atoms with Gasteiger partial charge in [0.25, 0.3) is 5.56 Å². The zero-order chi connectivity index (χ0) is 24.2. The Morgan fingerprint density at radius 1 is 0.971 bits per heavy atom. The van der Waals surface area contributed by atoms with Gasteiger partial charge in [0.05, 0.1) is 46.9 Å². The van der Waals surface area contributed by atoms with Crippen molar-refractivity contribution in [2.24, 2.45) is 5.73 Å². The third kappa shape index (κ3) is 4.07. The number of nitriles is 2. The number of nitrogens with zero attached hydrogens (tertiary/aromatic N) is 3. The molecule has 1 aliphatic heterocycles. The predicted molar refractivity (Wildman–Crippen MR) is 131 cm³/mol. The number of hydrogen-bond acceptors (Lipinski definition) is 7. The first-order valence-corrected chi connectivity index (χ1v) is 11.6. The molecule has 3 aromatic rings. The molecular weight excluding hydrogens is 448 g/mol. The summed E-state index contributed by atoms with van der Waals surface area (Å²) >= 11 is 1.19. The number of nitrogens with two attached hydrogens (primary N) is 1. The second-order valence-corrected chi connectivity index (χ2v) is 8.46. The van der Waals surface area contributed by atoms with Crippen molar-refractivity contribution in [2.45, 2.75) is 19.8 Å². The maximum absolute atomic E-state index is 13.2. The Labute approximate surface area is 200 Å². The normalized spacial score (nSPS) is 15.5. The first-order chi connectivity index (χ1) is 16.5. The summed E-state index contributed by atoms with van der Waals surface area (Å²) in [5, 5.41) is 20.0. The molecule has 4 rings (SSSR count). The number of thiazole rings is 1. The lowest BCUT2D eigenvalue weighted by Gasteiger charge is -2.22. The minimum Gasteiger partial charge on any atom is -0.494 e. The van der Waals surface area contributed by atoms with E-state index in [1.807, 2.05) is 50.2 Å². The van der Waals surface area contributed by atoms with Gasteiger partial charge in [0, 0.05) is 0 Å². The van der Waals surface area contributed by atoms with Crippen LogP contribution in [0.15, 0.2) is 58.9 Å². The van der Waals surface area contributed by atoms with Crippen LogP contribution in [0.4, 0.5) is 0 Å². The fourth-order valence-corrected chi connectivity index (χ4v) is 5.01. The van der Waals surface area contributed by atoms with Gasteiger partial charge in [-0.3, -0.25) is 9.36 Å². The van der Waals surface area contributed by atoms with E-state index in [0.29, 0.717) is 33.7 Å². The highest BCUT2D eigenvalue weighted by molar-refractivity contribution is 7.07. The van der Waals surface area contributed by atoms with Crippen molar-refractivity contribution in [1.82, 2.24) is 4.57 Å². The van der Waals surface area contributed by atoms with Crippen molar-refractivity contribution in [3.05, 3.63) is 84.8 Å². The van der Waals surface area contributed by atoms with E-state index in [1.165, 1.54) is 15.9 Å². The van der Waals surface area contributed by atoms with Gasteiger partial charge in [-0.25, -0.2) is 0 Å². The standard InChI is InChI=1S/C26H22N4O3S/c1-3-32-18-9-5-16(6-10-18)13-22-25(31)30-24(29)20(14-27)23(21(15-28)26(30)34-22)17-7-11-19(12-8-17)33-4-2/h5-13,23H,3-4,29H2,1-2H3/b22-13+/t23-/m1/s1. The molecule has 7 nitrogen and oxygen atoms in total. The number of aromatic nitrogens is 1. The molecule has 1 aliphatic rings. The van der Waals surface area contributed by atoms with Gasteiger partial charge >= 0.3 is 0 Å². The van der Waals surface area contributed by atoms with E-state index < -0.39 is 5.92 Å². The third-order valence-corrected chi connectivity index (χ3v) is 6.51. The quantitative estimate of drug-likeness (QED) is 0.592. The predicted octanol–water partition coefficient (Wildman–Crippen LogP) is 2.66. The van der Waals surface area contributed by atoms with Crippen LogP contribution < -0.4 is 30.0 Å². The lowest BCUT2D eigenvalue weighted by molar-refractivity contribution is 0.340.